The maximum absolute atomic E-state index is 9.21. The van der Waals surface area contributed by atoms with E-state index in [1.165, 1.54) is 0 Å². The summed E-state index contributed by atoms with van der Waals surface area (Å²) in [5.41, 5.74) is 1.69. The Hall–Kier alpha value is -1.11. The molecule has 0 radical (unpaired) electrons. The number of benzene rings is 1. The molecule has 0 spiro atoms. The lowest BCUT2D eigenvalue weighted by Crippen LogP contribution is -2.00. The number of thiazole rings is 1. The van der Waals surface area contributed by atoms with E-state index in [1.807, 2.05) is 11.4 Å². The molecule has 2 aromatic rings. The molecule has 0 amide bonds. The molecule has 0 bridgehead atoms. The van der Waals surface area contributed by atoms with Crippen molar-refractivity contribution >= 4 is 27.3 Å². The fraction of sp³-hybridized carbons (Fsp3) is 0.400. The van der Waals surface area contributed by atoms with E-state index in [0.29, 0.717) is 18.1 Å². The van der Waals surface area contributed by atoms with Gasteiger partial charge in [0.1, 0.15) is 6.61 Å². The molecule has 0 saturated carbocycles. The van der Waals surface area contributed by atoms with Crippen molar-refractivity contribution in [2.45, 2.75) is 33.0 Å². The Morgan fingerprint density at radius 3 is 2.86 bits per heavy atom. The van der Waals surface area contributed by atoms with E-state index in [1.54, 1.807) is 24.5 Å². The second kappa shape index (κ2) is 7.77. The first-order chi connectivity index (χ1) is 10.2. The summed E-state index contributed by atoms with van der Waals surface area (Å²) in [5, 5.41) is 12.4. The van der Waals surface area contributed by atoms with Crippen molar-refractivity contribution in [2.24, 2.45) is 0 Å². The zero-order valence-electron chi connectivity index (χ0n) is 12.1. The smallest absolute Gasteiger partial charge is 0.175 e. The standard InChI is InChI=1S/C15H18BrNO3S/c1-3-4-14-17-11(9-21-14)8-20-15-12(16)5-10(7-18)6-13(15)19-2/h5-6,9,18H,3-4,7-8H2,1-2H3. The fourth-order valence-electron chi connectivity index (χ4n) is 1.89. The topological polar surface area (TPSA) is 51.6 Å². The predicted octanol–water partition coefficient (Wildman–Crippen LogP) is 3.94. The molecule has 21 heavy (non-hydrogen) atoms. The summed E-state index contributed by atoms with van der Waals surface area (Å²) >= 11 is 5.11. The van der Waals surface area contributed by atoms with Gasteiger partial charge < -0.3 is 14.6 Å². The Kier molecular flexibility index (Phi) is 6.02. The van der Waals surface area contributed by atoms with Crippen molar-refractivity contribution in [1.82, 2.24) is 4.98 Å². The number of aromatic nitrogens is 1. The highest BCUT2D eigenvalue weighted by molar-refractivity contribution is 9.10. The highest BCUT2D eigenvalue weighted by Gasteiger charge is 2.12. The highest BCUT2D eigenvalue weighted by Crippen LogP contribution is 2.37. The summed E-state index contributed by atoms with van der Waals surface area (Å²) in [6.45, 7) is 2.50. The molecular weight excluding hydrogens is 354 g/mol. The van der Waals surface area contributed by atoms with Crippen LogP contribution in [0.25, 0.3) is 0 Å². The van der Waals surface area contributed by atoms with Crippen LogP contribution in [0.2, 0.25) is 0 Å². The van der Waals surface area contributed by atoms with Crippen molar-refractivity contribution in [3.63, 3.8) is 0 Å². The van der Waals surface area contributed by atoms with Crippen LogP contribution < -0.4 is 9.47 Å². The average Bonchev–Trinajstić information content (AvgIpc) is 2.93. The summed E-state index contributed by atoms with van der Waals surface area (Å²) in [4.78, 5) is 4.53. The zero-order valence-corrected chi connectivity index (χ0v) is 14.5. The van der Waals surface area contributed by atoms with Crippen molar-refractivity contribution in [1.29, 1.82) is 0 Å². The molecule has 0 aliphatic heterocycles. The van der Waals surface area contributed by atoms with Gasteiger partial charge in [0.05, 0.1) is 28.9 Å². The lowest BCUT2D eigenvalue weighted by atomic mass is 10.2. The van der Waals surface area contributed by atoms with E-state index in [2.05, 4.69) is 27.8 Å². The Morgan fingerprint density at radius 2 is 2.19 bits per heavy atom. The second-order valence-corrected chi connectivity index (χ2v) is 6.34. The minimum atomic E-state index is -0.0400. The Labute approximate surface area is 136 Å². The molecule has 1 aromatic heterocycles. The summed E-state index contributed by atoms with van der Waals surface area (Å²) in [6.07, 6.45) is 2.10. The van der Waals surface area contributed by atoms with E-state index >= 15 is 0 Å². The van der Waals surface area contributed by atoms with Crippen LogP contribution in [0.15, 0.2) is 22.0 Å². The Balaban J connectivity index is 2.11. The quantitative estimate of drug-likeness (QED) is 0.800. The van der Waals surface area contributed by atoms with Crippen LogP contribution in [0.5, 0.6) is 11.5 Å². The van der Waals surface area contributed by atoms with Gasteiger partial charge in [0.15, 0.2) is 11.5 Å². The first-order valence-corrected chi connectivity index (χ1v) is 8.38. The van der Waals surface area contributed by atoms with Crippen molar-refractivity contribution < 1.29 is 14.6 Å². The summed E-state index contributed by atoms with van der Waals surface area (Å²) in [7, 11) is 1.58. The number of aliphatic hydroxyl groups excluding tert-OH is 1. The van der Waals surface area contributed by atoms with Gasteiger partial charge in [-0.05, 0) is 46.5 Å². The maximum Gasteiger partial charge on any atom is 0.175 e. The number of rotatable bonds is 7. The third-order valence-corrected chi connectivity index (χ3v) is 4.45. The van der Waals surface area contributed by atoms with E-state index in [0.717, 1.165) is 33.6 Å². The number of aliphatic hydroxyl groups is 1. The SMILES string of the molecule is CCCc1nc(COc2c(Br)cc(CO)cc2OC)cs1. The average molecular weight is 372 g/mol. The molecule has 0 aliphatic carbocycles. The maximum atomic E-state index is 9.21. The van der Waals surface area contributed by atoms with Crippen LogP contribution in [0.1, 0.15) is 29.6 Å². The van der Waals surface area contributed by atoms with Gasteiger partial charge in [0, 0.05) is 5.38 Å². The second-order valence-electron chi connectivity index (χ2n) is 4.54. The van der Waals surface area contributed by atoms with Gasteiger partial charge in [0.25, 0.3) is 0 Å². The summed E-state index contributed by atoms with van der Waals surface area (Å²) in [6, 6.07) is 3.59. The third-order valence-electron chi connectivity index (χ3n) is 2.90. The lowest BCUT2D eigenvalue weighted by molar-refractivity contribution is 0.271. The molecule has 0 unspecified atom stereocenters. The molecule has 0 aliphatic rings. The Morgan fingerprint density at radius 1 is 1.38 bits per heavy atom. The normalized spacial score (nSPS) is 10.7. The fourth-order valence-corrected chi connectivity index (χ4v) is 3.38. The predicted molar refractivity (Wildman–Crippen MR) is 87.1 cm³/mol. The minimum absolute atomic E-state index is 0.0400. The van der Waals surface area contributed by atoms with Crippen molar-refractivity contribution in [3.05, 3.63) is 38.3 Å². The zero-order chi connectivity index (χ0) is 15.2. The van der Waals surface area contributed by atoms with Gasteiger partial charge in [-0.2, -0.15) is 0 Å². The van der Waals surface area contributed by atoms with E-state index in [-0.39, 0.29) is 6.61 Å². The molecule has 2 rings (SSSR count). The number of hydrogen-bond acceptors (Lipinski definition) is 5. The largest absolute Gasteiger partial charge is 0.493 e. The molecule has 0 atom stereocenters. The van der Waals surface area contributed by atoms with Crippen LogP contribution in [0, 0.1) is 0 Å². The number of aryl methyl sites for hydroxylation is 1. The molecule has 0 saturated heterocycles. The van der Waals surface area contributed by atoms with Crippen LogP contribution in [-0.2, 0) is 19.6 Å². The molecule has 1 heterocycles. The summed E-state index contributed by atoms with van der Waals surface area (Å²) in [5.74, 6) is 1.22. The van der Waals surface area contributed by atoms with Crippen LogP contribution in [0.3, 0.4) is 0 Å². The molecular formula is C15H18BrNO3S. The van der Waals surface area contributed by atoms with Gasteiger partial charge in [0.2, 0.25) is 0 Å². The van der Waals surface area contributed by atoms with Crippen LogP contribution in [0.4, 0.5) is 0 Å². The van der Waals surface area contributed by atoms with Gasteiger partial charge in [-0.1, -0.05) is 6.92 Å². The van der Waals surface area contributed by atoms with Crippen LogP contribution >= 0.6 is 27.3 Å². The van der Waals surface area contributed by atoms with Crippen LogP contribution in [-0.4, -0.2) is 17.2 Å². The molecule has 0 fully saturated rings. The number of halogens is 1. The van der Waals surface area contributed by atoms with Crippen molar-refractivity contribution in [2.75, 3.05) is 7.11 Å². The van der Waals surface area contributed by atoms with E-state index < -0.39 is 0 Å². The molecule has 114 valence electrons. The third kappa shape index (κ3) is 4.18. The number of methoxy groups -OCH3 is 1. The molecule has 4 nitrogen and oxygen atoms in total. The highest BCUT2D eigenvalue weighted by atomic mass is 79.9. The van der Waals surface area contributed by atoms with Gasteiger partial charge in [-0.15, -0.1) is 11.3 Å². The number of nitrogens with zero attached hydrogens (tertiary/aromatic N) is 1. The molecule has 1 N–H and O–H groups in total. The Bertz CT molecular complexity index is 601. The van der Waals surface area contributed by atoms with E-state index in [9.17, 15) is 5.11 Å². The first-order valence-electron chi connectivity index (χ1n) is 6.71. The van der Waals surface area contributed by atoms with Gasteiger partial charge in [-0.25, -0.2) is 4.98 Å². The monoisotopic (exact) mass is 371 g/mol. The summed E-state index contributed by atoms with van der Waals surface area (Å²) < 4.78 is 11.9. The number of ether oxygens (including phenoxy) is 2. The number of hydrogen-bond donors (Lipinski definition) is 1. The first kappa shape index (κ1) is 16.3. The minimum Gasteiger partial charge on any atom is -0.493 e. The van der Waals surface area contributed by atoms with Crippen molar-refractivity contribution in [3.8, 4) is 11.5 Å². The van der Waals surface area contributed by atoms with E-state index in [4.69, 9.17) is 9.47 Å². The molecule has 6 heteroatoms. The van der Waals surface area contributed by atoms with Gasteiger partial charge >= 0.3 is 0 Å². The molecule has 1 aromatic carbocycles. The lowest BCUT2D eigenvalue weighted by Gasteiger charge is -2.13. The van der Waals surface area contributed by atoms with Gasteiger partial charge in [-0.3, -0.25) is 0 Å².